The average Bonchev–Trinajstić information content (AvgIpc) is 2.92. The van der Waals surface area contributed by atoms with Crippen LogP contribution >= 0.6 is 0 Å². The minimum absolute atomic E-state index is 0.0321. The SMILES string of the molecule is Cc1ccc(CNCc2cccc(C(=O)NCCN(C)C)c2)o1. The molecule has 1 aromatic carbocycles. The Bertz CT molecular complexity index is 635. The number of carbonyl (C=O) groups is 1. The molecule has 124 valence electrons. The van der Waals surface area contributed by atoms with Crippen LogP contribution in [0.25, 0.3) is 0 Å². The van der Waals surface area contributed by atoms with E-state index in [9.17, 15) is 4.79 Å². The van der Waals surface area contributed by atoms with Gasteiger partial charge in [-0.25, -0.2) is 0 Å². The Morgan fingerprint density at radius 1 is 1.17 bits per heavy atom. The fourth-order valence-corrected chi connectivity index (χ4v) is 2.23. The van der Waals surface area contributed by atoms with Crippen LogP contribution < -0.4 is 10.6 Å². The van der Waals surface area contributed by atoms with Crippen molar-refractivity contribution in [2.45, 2.75) is 20.0 Å². The number of hydrogen-bond donors (Lipinski definition) is 2. The van der Waals surface area contributed by atoms with Gasteiger partial charge in [-0.1, -0.05) is 12.1 Å². The largest absolute Gasteiger partial charge is 0.465 e. The summed E-state index contributed by atoms with van der Waals surface area (Å²) in [6, 6.07) is 11.6. The predicted molar refractivity (Wildman–Crippen MR) is 91.3 cm³/mol. The summed E-state index contributed by atoms with van der Waals surface area (Å²) in [5.41, 5.74) is 1.77. The molecule has 0 saturated carbocycles. The Morgan fingerprint density at radius 2 is 2.00 bits per heavy atom. The Hall–Kier alpha value is -2.11. The van der Waals surface area contributed by atoms with Crippen molar-refractivity contribution in [1.82, 2.24) is 15.5 Å². The fourth-order valence-electron chi connectivity index (χ4n) is 2.23. The number of rotatable bonds is 8. The molecule has 5 heteroatoms. The fraction of sp³-hybridized carbons (Fsp3) is 0.389. The molecule has 0 aliphatic carbocycles. The zero-order valence-corrected chi connectivity index (χ0v) is 14.1. The van der Waals surface area contributed by atoms with Crippen molar-refractivity contribution < 1.29 is 9.21 Å². The lowest BCUT2D eigenvalue weighted by Crippen LogP contribution is -2.31. The van der Waals surface area contributed by atoms with E-state index in [1.165, 1.54) is 0 Å². The van der Waals surface area contributed by atoms with Gasteiger partial charge in [0.25, 0.3) is 5.91 Å². The molecule has 0 bridgehead atoms. The van der Waals surface area contributed by atoms with Crippen molar-refractivity contribution >= 4 is 5.91 Å². The zero-order chi connectivity index (χ0) is 16.7. The highest BCUT2D eigenvalue weighted by Crippen LogP contribution is 2.08. The Labute approximate surface area is 137 Å². The summed E-state index contributed by atoms with van der Waals surface area (Å²) in [4.78, 5) is 14.2. The Balaban J connectivity index is 1.82. The van der Waals surface area contributed by atoms with Gasteiger partial charge in [0.15, 0.2) is 0 Å². The van der Waals surface area contributed by atoms with Crippen molar-refractivity contribution in [1.29, 1.82) is 0 Å². The second-order valence-corrected chi connectivity index (χ2v) is 5.88. The normalized spacial score (nSPS) is 11.0. The van der Waals surface area contributed by atoms with Gasteiger partial charge < -0.3 is 20.0 Å². The van der Waals surface area contributed by atoms with Gasteiger partial charge in [0.05, 0.1) is 6.54 Å². The maximum Gasteiger partial charge on any atom is 0.251 e. The highest BCUT2D eigenvalue weighted by molar-refractivity contribution is 5.94. The minimum Gasteiger partial charge on any atom is -0.465 e. The number of benzene rings is 1. The van der Waals surface area contributed by atoms with Crippen LogP contribution in [0.15, 0.2) is 40.8 Å². The number of hydrogen-bond acceptors (Lipinski definition) is 4. The first kappa shape index (κ1) is 17.2. The summed E-state index contributed by atoms with van der Waals surface area (Å²) >= 11 is 0. The maximum absolute atomic E-state index is 12.1. The van der Waals surface area contributed by atoms with Gasteiger partial charge in [-0.05, 0) is 50.8 Å². The molecule has 2 aromatic rings. The Kier molecular flexibility index (Phi) is 6.38. The van der Waals surface area contributed by atoms with Crippen LogP contribution in [0, 0.1) is 6.92 Å². The van der Waals surface area contributed by atoms with Crippen LogP contribution in [0.3, 0.4) is 0 Å². The third-order valence-corrected chi connectivity index (χ3v) is 3.46. The van der Waals surface area contributed by atoms with Gasteiger partial charge >= 0.3 is 0 Å². The van der Waals surface area contributed by atoms with Crippen LogP contribution in [0.5, 0.6) is 0 Å². The number of amides is 1. The van der Waals surface area contributed by atoms with Crippen molar-refractivity contribution in [2.24, 2.45) is 0 Å². The average molecular weight is 315 g/mol. The van der Waals surface area contributed by atoms with Crippen LogP contribution in [0.2, 0.25) is 0 Å². The second-order valence-electron chi connectivity index (χ2n) is 5.88. The number of carbonyl (C=O) groups excluding carboxylic acids is 1. The van der Waals surface area contributed by atoms with E-state index in [4.69, 9.17) is 4.42 Å². The maximum atomic E-state index is 12.1. The number of furan rings is 1. The molecule has 1 heterocycles. The van der Waals surface area contributed by atoms with Crippen LogP contribution in [-0.2, 0) is 13.1 Å². The lowest BCUT2D eigenvalue weighted by molar-refractivity contribution is 0.0951. The van der Waals surface area contributed by atoms with Crippen LogP contribution in [0.1, 0.15) is 27.4 Å². The molecule has 0 aliphatic rings. The molecule has 1 amide bonds. The molecule has 5 nitrogen and oxygen atoms in total. The number of nitrogens with one attached hydrogen (secondary N) is 2. The van der Waals surface area contributed by atoms with E-state index in [0.717, 1.165) is 23.6 Å². The summed E-state index contributed by atoms with van der Waals surface area (Å²) < 4.78 is 5.52. The molecule has 0 saturated heterocycles. The van der Waals surface area contributed by atoms with Gasteiger partial charge in [-0.3, -0.25) is 4.79 Å². The molecule has 0 radical (unpaired) electrons. The molecule has 1 aromatic heterocycles. The monoisotopic (exact) mass is 315 g/mol. The molecular weight excluding hydrogens is 290 g/mol. The summed E-state index contributed by atoms with van der Waals surface area (Å²) in [7, 11) is 3.97. The van der Waals surface area contributed by atoms with Crippen LogP contribution in [0.4, 0.5) is 0 Å². The summed E-state index contributed by atoms with van der Waals surface area (Å²) in [5.74, 6) is 1.80. The van der Waals surface area contributed by atoms with Gasteiger partial charge in [0.1, 0.15) is 11.5 Å². The van der Waals surface area contributed by atoms with Gasteiger partial charge in [0, 0.05) is 25.2 Å². The van der Waals surface area contributed by atoms with Crippen LogP contribution in [-0.4, -0.2) is 38.0 Å². The van der Waals surface area contributed by atoms with Gasteiger partial charge in [0.2, 0.25) is 0 Å². The van der Waals surface area contributed by atoms with E-state index in [0.29, 0.717) is 25.2 Å². The molecule has 0 aliphatic heterocycles. The van der Waals surface area contributed by atoms with E-state index in [1.54, 1.807) is 0 Å². The van der Waals surface area contributed by atoms with E-state index in [2.05, 4.69) is 10.6 Å². The lowest BCUT2D eigenvalue weighted by atomic mass is 10.1. The van der Waals surface area contributed by atoms with E-state index >= 15 is 0 Å². The molecule has 0 fully saturated rings. The van der Waals surface area contributed by atoms with E-state index in [-0.39, 0.29) is 5.91 Å². The molecule has 2 rings (SSSR count). The molecule has 0 spiro atoms. The zero-order valence-electron chi connectivity index (χ0n) is 14.1. The summed E-state index contributed by atoms with van der Waals surface area (Å²) in [5, 5.41) is 6.25. The number of likely N-dealkylation sites (N-methyl/N-ethyl adjacent to an activating group) is 1. The number of nitrogens with zero attached hydrogens (tertiary/aromatic N) is 1. The molecule has 23 heavy (non-hydrogen) atoms. The van der Waals surface area contributed by atoms with Crippen molar-refractivity contribution in [3.8, 4) is 0 Å². The number of aryl methyl sites for hydroxylation is 1. The smallest absolute Gasteiger partial charge is 0.251 e. The highest BCUT2D eigenvalue weighted by Gasteiger charge is 2.06. The van der Waals surface area contributed by atoms with E-state index in [1.807, 2.05) is 62.3 Å². The molecule has 0 unspecified atom stereocenters. The third kappa shape index (κ3) is 5.88. The summed E-state index contributed by atoms with van der Waals surface area (Å²) in [6.07, 6.45) is 0. The minimum atomic E-state index is -0.0321. The molecule has 0 atom stereocenters. The van der Waals surface area contributed by atoms with Crippen molar-refractivity contribution in [3.63, 3.8) is 0 Å². The summed E-state index contributed by atoms with van der Waals surface area (Å²) in [6.45, 7) is 4.77. The van der Waals surface area contributed by atoms with Gasteiger partial charge in [-0.2, -0.15) is 0 Å². The quantitative estimate of drug-likeness (QED) is 0.784. The topological polar surface area (TPSA) is 57.5 Å². The second kappa shape index (κ2) is 8.50. The third-order valence-electron chi connectivity index (χ3n) is 3.46. The Morgan fingerprint density at radius 3 is 2.70 bits per heavy atom. The highest BCUT2D eigenvalue weighted by atomic mass is 16.3. The van der Waals surface area contributed by atoms with Gasteiger partial charge in [-0.15, -0.1) is 0 Å². The standard InChI is InChI=1S/C18H25N3O2/c1-14-7-8-17(23-14)13-19-12-15-5-4-6-16(11-15)18(22)20-9-10-21(2)3/h4-8,11,19H,9-10,12-13H2,1-3H3,(H,20,22). The lowest BCUT2D eigenvalue weighted by Gasteiger charge is -2.11. The van der Waals surface area contributed by atoms with Crippen molar-refractivity contribution in [2.75, 3.05) is 27.2 Å². The van der Waals surface area contributed by atoms with E-state index < -0.39 is 0 Å². The first-order chi connectivity index (χ1) is 11.0. The first-order valence-corrected chi connectivity index (χ1v) is 7.82. The molecular formula is C18H25N3O2. The molecule has 2 N–H and O–H groups in total. The first-order valence-electron chi connectivity index (χ1n) is 7.82. The predicted octanol–water partition coefficient (Wildman–Crippen LogP) is 2.17. The van der Waals surface area contributed by atoms with Crippen molar-refractivity contribution in [3.05, 3.63) is 59.0 Å².